The van der Waals surface area contributed by atoms with Gasteiger partial charge in [-0.1, -0.05) is 26.2 Å². The summed E-state index contributed by atoms with van der Waals surface area (Å²) in [7, 11) is 0. The third kappa shape index (κ3) is 4.94. The number of carbonyl (C=O) groups is 1. The second kappa shape index (κ2) is 8.11. The van der Waals surface area contributed by atoms with Crippen LogP contribution in [-0.2, 0) is 4.79 Å². The molecule has 116 valence electrons. The van der Waals surface area contributed by atoms with Crippen LogP contribution in [-0.4, -0.2) is 5.91 Å². The van der Waals surface area contributed by atoms with Crippen molar-refractivity contribution in [3.63, 3.8) is 0 Å². The molecule has 1 N–H and O–H groups in total. The first-order valence-corrected chi connectivity index (χ1v) is 8.94. The molecule has 0 spiro atoms. The maximum atomic E-state index is 13.1. The van der Waals surface area contributed by atoms with Gasteiger partial charge >= 0.3 is 0 Å². The molecule has 0 aromatic heterocycles. The van der Waals surface area contributed by atoms with Crippen molar-refractivity contribution in [2.45, 2.75) is 51.9 Å². The summed E-state index contributed by atoms with van der Waals surface area (Å²) in [5, 5.41) is 2.95. The summed E-state index contributed by atoms with van der Waals surface area (Å²) in [6.07, 6.45) is 8.16. The van der Waals surface area contributed by atoms with Gasteiger partial charge in [-0.3, -0.25) is 4.79 Å². The summed E-state index contributed by atoms with van der Waals surface area (Å²) in [4.78, 5) is 12.3. The Morgan fingerprint density at radius 3 is 2.67 bits per heavy atom. The zero-order valence-electron chi connectivity index (χ0n) is 12.5. The molecule has 1 aromatic rings. The van der Waals surface area contributed by atoms with E-state index in [0.29, 0.717) is 0 Å². The van der Waals surface area contributed by atoms with E-state index >= 15 is 0 Å². The van der Waals surface area contributed by atoms with Gasteiger partial charge in [0.1, 0.15) is 5.82 Å². The van der Waals surface area contributed by atoms with Crippen molar-refractivity contribution in [1.29, 1.82) is 0 Å². The molecule has 21 heavy (non-hydrogen) atoms. The van der Waals surface area contributed by atoms with E-state index in [0.717, 1.165) is 28.0 Å². The minimum Gasteiger partial charge on any atom is -0.325 e. The lowest BCUT2D eigenvalue weighted by atomic mass is 9.79. The van der Waals surface area contributed by atoms with Crippen molar-refractivity contribution in [1.82, 2.24) is 0 Å². The zero-order chi connectivity index (χ0) is 15.2. The zero-order valence-corrected chi connectivity index (χ0v) is 14.7. The number of anilines is 1. The Hall–Kier alpha value is -0.650. The van der Waals surface area contributed by atoms with Gasteiger partial charge in [0.05, 0.1) is 5.69 Å². The molecule has 1 aliphatic rings. The Labute approximate surface area is 140 Å². The van der Waals surface area contributed by atoms with Crippen LogP contribution in [0.15, 0.2) is 18.2 Å². The molecule has 2 nitrogen and oxygen atoms in total. The van der Waals surface area contributed by atoms with Gasteiger partial charge in [0.25, 0.3) is 0 Å². The van der Waals surface area contributed by atoms with Crippen molar-refractivity contribution in [2.75, 3.05) is 5.32 Å². The molecule has 2 rings (SSSR count). The van der Waals surface area contributed by atoms with Crippen molar-refractivity contribution in [2.24, 2.45) is 11.8 Å². The molecule has 1 aromatic carbocycles. The number of halogens is 2. The molecule has 0 atom stereocenters. The Balaban J connectivity index is 1.84. The first-order valence-electron chi connectivity index (χ1n) is 7.86. The summed E-state index contributed by atoms with van der Waals surface area (Å²) in [5.74, 6) is 0.742. The van der Waals surface area contributed by atoms with Gasteiger partial charge in [-0.2, -0.15) is 0 Å². The maximum Gasteiger partial charge on any atom is 0.227 e. The Kier molecular flexibility index (Phi) is 6.45. The van der Waals surface area contributed by atoms with Crippen molar-refractivity contribution in [3.8, 4) is 0 Å². The van der Waals surface area contributed by atoms with Gasteiger partial charge in [-0.05, 0) is 72.4 Å². The summed E-state index contributed by atoms with van der Waals surface area (Å²) in [6.45, 7) is 2.23. The van der Waals surface area contributed by atoms with Crippen molar-refractivity contribution in [3.05, 3.63) is 27.6 Å². The predicted molar refractivity (Wildman–Crippen MR) is 92.7 cm³/mol. The molecule has 0 aliphatic heterocycles. The van der Waals surface area contributed by atoms with E-state index < -0.39 is 0 Å². The van der Waals surface area contributed by atoms with Crippen LogP contribution in [0.4, 0.5) is 10.1 Å². The largest absolute Gasteiger partial charge is 0.325 e. The summed E-state index contributed by atoms with van der Waals surface area (Å²) < 4.78 is 13.8. The van der Waals surface area contributed by atoms with Gasteiger partial charge in [0, 0.05) is 9.49 Å². The van der Waals surface area contributed by atoms with E-state index in [-0.39, 0.29) is 17.6 Å². The van der Waals surface area contributed by atoms with Crippen LogP contribution in [0.3, 0.4) is 0 Å². The Bertz CT molecular complexity index is 484. The van der Waals surface area contributed by atoms with Gasteiger partial charge in [0.2, 0.25) is 5.91 Å². The van der Waals surface area contributed by atoms with Gasteiger partial charge in [-0.25, -0.2) is 4.39 Å². The van der Waals surface area contributed by atoms with E-state index in [1.165, 1.54) is 44.2 Å². The van der Waals surface area contributed by atoms with Crippen molar-refractivity contribution < 1.29 is 9.18 Å². The smallest absolute Gasteiger partial charge is 0.227 e. The number of carbonyl (C=O) groups excluding carboxylic acids is 1. The van der Waals surface area contributed by atoms with E-state index in [2.05, 4.69) is 34.8 Å². The molecule has 0 radical (unpaired) electrons. The summed E-state index contributed by atoms with van der Waals surface area (Å²) >= 11 is 2.05. The summed E-state index contributed by atoms with van der Waals surface area (Å²) in [6, 6.07) is 4.47. The molecule has 1 saturated carbocycles. The highest BCUT2D eigenvalue weighted by atomic mass is 127. The fourth-order valence-electron chi connectivity index (χ4n) is 3.03. The van der Waals surface area contributed by atoms with Crippen LogP contribution >= 0.6 is 22.6 Å². The van der Waals surface area contributed by atoms with Crippen LogP contribution in [0.2, 0.25) is 0 Å². The lowest BCUT2D eigenvalue weighted by Crippen LogP contribution is -2.27. The second-order valence-corrected chi connectivity index (χ2v) is 7.14. The monoisotopic (exact) mass is 403 g/mol. The van der Waals surface area contributed by atoms with E-state index in [1.54, 1.807) is 6.07 Å². The molecule has 4 heteroatoms. The highest BCUT2D eigenvalue weighted by molar-refractivity contribution is 14.1. The van der Waals surface area contributed by atoms with Crippen LogP contribution in [0, 0.1) is 21.2 Å². The number of hydrogen-bond donors (Lipinski definition) is 1. The first kappa shape index (κ1) is 16.7. The number of hydrogen-bond acceptors (Lipinski definition) is 1. The SMILES string of the molecule is CCCCC1CCC(C(=O)Nc2ccc(F)cc2I)CC1. The number of amides is 1. The average Bonchev–Trinajstić information content (AvgIpc) is 2.48. The minimum absolute atomic E-state index is 0.0912. The molecular formula is C17H23FINO. The van der Waals surface area contributed by atoms with Crippen LogP contribution in [0.25, 0.3) is 0 Å². The second-order valence-electron chi connectivity index (χ2n) is 5.97. The van der Waals surface area contributed by atoms with Crippen LogP contribution in [0.1, 0.15) is 51.9 Å². The van der Waals surface area contributed by atoms with Gasteiger partial charge < -0.3 is 5.32 Å². The highest BCUT2D eigenvalue weighted by Crippen LogP contribution is 2.32. The highest BCUT2D eigenvalue weighted by Gasteiger charge is 2.26. The lowest BCUT2D eigenvalue weighted by molar-refractivity contribution is -0.121. The van der Waals surface area contributed by atoms with Gasteiger partial charge in [0.15, 0.2) is 0 Å². The molecule has 0 unspecified atom stereocenters. The number of benzene rings is 1. The lowest BCUT2D eigenvalue weighted by Gasteiger charge is -2.27. The first-order chi connectivity index (χ1) is 10.1. The fourth-order valence-corrected chi connectivity index (χ4v) is 3.64. The maximum absolute atomic E-state index is 13.1. The Morgan fingerprint density at radius 2 is 2.05 bits per heavy atom. The average molecular weight is 403 g/mol. The predicted octanol–water partition coefficient (Wildman–Crippen LogP) is 5.37. The molecule has 1 fully saturated rings. The molecule has 1 amide bonds. The molecule has 0 saturated heterocycles. The molecule has 1 aliphatic carbocycles. The van der Waals surface area contributed by atoms with Crippen LogP contribution in [0.5, 0.6) is 0 Å². The topological polar surface area (TPSA) is 29.1 Å². The Morgan fingerprint density at radius 1 is 1.33 bits per heavy atom. The van der Waals surface area contributed by atoms with Crippen molar-refractivity contribution >= 4 is 34.2 Å². The normalized spacial score (nSPS) is 22.0. The quantitative estimate of drug-likeness (QED) is 0.659. The fraction of sp³-hybridized carbons (Fsp3) is 0.588. The molecule has 0 bridgehead atoms. The van der Waals surface area contributed by atoms with E-state index in [4.69, 9.17) is 0 Å². The van der Waals surface area contributed by atoms with E-state index in [1.807, 2.05) is 0 Å². The standard InChI is InChI=1S/C17H23FINO/c1-2-3-4-12-5-7-13(8-6-12)17(21)20-16-10-9-14(18)11-15(16)19/h9-13H,2-8H2,1H3,(H,20,21). The van der Waals surface area contributed by atoms with E-state index in [9.17, 15) is 9.18 Å². The van der Waals surface area contributed by atoms with Crippen LogP contribution < -0.4 is 5.32 Å². The molecular weight excluding hydrogens is 380 g/mol. The summed E-state index contributed by atoms with van der Waals surface area (Å²) in [5.41, 5.74) is 0.718. The third-order valence-corrected chi connectivity index (χ3v) is 5.26. The number of nitrogens with one attached hydrogen (secondary N) is 1. The third-order valence-electron chi connectivity index (χ3n) is 4.37. The van der Waals surface area contributed by atoms with Gasteiger partial charge in [-0.15, -0.1) is 0 Å². The number of rotatable bonds is 5. The molecule has 0 heterocycles. The minimum atomic E-state index is -0.270. The number of unbranched alkanes of at least 4 members (excludes halogenated alkanes) is 1.